The molecule has 3 aromatic rings. The van der Waals surface area contributed by atoms with Gasteiger partial charge in [-0.1, -0.05) is 30.6 Å². The summed E-state index contributed by atoms with van der Waals surface area (Å²) in [7, 11) is 0. The molecule has 0 N–H and O–H groups in total. The smallest absolute Gasteiger partial charge is 0.427 e. The monoisotopic (exact) mass is 528 g/mol. The Morgan fingerprint density at radius 1 is 1.11 bits per heavy atom. The first kappa shape index (κ1) is 25.7. The SMILES string of the molecule is CC(C)c1nc(C2CCC(c3nnc4n3-c3ccc(Cl)cc3CN(OC(=O)OC(C)(C)C)C4)CC2)no1. The third kappa shape index (κ3) is 5.65. The molecule has 0 atom stereocenters. The summed E-state index contributed by atoms with van der Waals surface area (Å²) in [6, 6.07) is 5.72. The molecular formula is C26H33ClN6O4. The Hall–Kier alpha value is -2.98. The van der Waals surface area contributed by atoms with E-state index >= 15 is 0 Å². The summed E-state index contributed by atoms with van der Waals surface area (Å²) in [5.41, 5.74) is 1.20. The van der Waals surface area contributed by atoms with Crippen LogP contribution in [0.4, 0.5) is 4.79 Å². The van der Waals surface area contributed by atoms with Crippen LogP contribution in [0.3, 0.4) is 0 Å². The van der Waals surface area contributed by atoms with Crippen molar-refractivity contribution in [2.75, 3.05) is 0 Å². The molecule has 1 aromatic carbocycles. The minimum absolute atomic E-state index is 0.219. The van der Waals surface area contributed by atoms with Crippen molar-refractivity contribution in [2.45, 2.75) is 96.7 Å². The number of fused-ring (bicyclic) bond motifs is 3. The van der Waals surface area contributed by atoms with Gasteiger partial charge in [-0.15, -0.1) is 15.3 Å². The average molecular weight is 529 g/mol. The van der Waals surface area contributed by atoms with Gasteiger partial charge < -0.3 is 14.1 Å². The number of halogens is 1. The lowest BCUT2D eigenvalue weighted by Crippen LogP contribution is -2.31. The fourth-order valence-corrected chi connectivity index (χ4v) is 5.15. The molecule has 0 bridgehead atoms. The molecule has 10 nitrogen and oxygen atoms in total. The highest BCUT2D eigenvalue weighted by molar-refractivity contribution is 6.30. The van der Waals surface area contributed by atoms with E-state index in [0.717, 1.165) is 48.6 Å². The highest BCUT2D eigenvalue weighted by Crippen LogP contribution is 2.41. The highest BCUT2D eigenvalue weighted by atomic mass is 35.5. The lowest BCUT2D eigenvalue weighted by atomic mass is 9.81. The van der Waals surface area contributed by atoms with E-state index in [9.17, 15) is 4.79 Å². The number of nitrogens with zero attached hydrogens (tertiary/aromatic N) is 6. The van der Waals surface area contributed by atoms with Crippen LogP contribution in [0.25, 0.3) is 5.69 Å². The van der Waals surface area contributed by atoms with Crippen LogP contribution >= 0.6 is 11.6 Å². The molecule has 11 heteroatoms. The molecule has 3 heterocycles. The number of hydroxylamine groups is 2. The van der Waals surface area contributed by atoms with Crippen LogP contribution < -0.4 is 0 Å². The minimum Gasteiger partial charge on any atom is -0.427 e. The van der Waals surface area contributed by atoms with Crippen LogP contribution in [0, 0.1) is 0 Å². The maximum absolute atomic E-state index is 12.4. The fourth-order valence-electron chi connectivity index (χ4n) is 4.96. The zero-order valence-electron chi connectivity index (χ0n) is 21.9. The molecule has 198 valence electrons. The van der Waals surface area contributed by atoms with Gasteiger partial charge in [0.15, 0.2) is 11.6 Å². The molecule has 0 saturated heterocycles. The normalized spacial score (nSPS) is 20.3. The Kier molecular flexibility index (Phi) is 6.97. The third-order valence-electron chi connectivity index (χ3n) is 6.70. The quantitative estimate of drug-likeness (QED) is 0.374. The van der Waals surface area contributed by atoms with Crippen molar-refractivity contribution in [3.05, 3.63) is 52.1 Å². The van der Waals surface area contributed by atoms with Gasteiger partial charge in [-0.2, -0.15) is 4.98 Å². The first-order valence-electron chi connectivity index (χ1n) is 12.8. The Bertz CT molecular complexity index is 1270. The molecule has 1 fully saturated rings. The van der Waals surface area contributed by atoms with E-state index in [1.54, 1.807) is 25.8 Å². The molecule has 2 aromatic heterocycles. The van der Waals surface area contributed by atoms with Gasteiger partial charge >= 0.3 is 6.16 Å². The predicted molar refractivity (Wildman–Crippen MR) is 135 cm³/mol. The first-order chi connectivity index (χ1) is 17.6. The lowest BCUT2D eigenvalue weighted by Gasteiger charge is -2.26. The van der Waals surface area contributed by atoms with Gasteiger partial charge in [0.2, 0.25) is 5.89 Å². The van der Waals surface area contributed by atoms with Crippen LogP contribution in [0.2, 0.25) is 5.02 Å². The molecule has 0 spiro atoms. The predicted octanol–water partition coefficient (Wildman–Crippen LogP) is 6.05. The van der Waals surface area contributed by atoms with Crippen LogP contribution in [-0.2, 0) is 22.7 Å². The van der Waals surface area contributed by atoms with Gasteiger partial charge in [-0.05, 0) is 70.2 Å². The maximum Gasteiger partial charge on any atom is 0.528 e. The van der Waals surface area contributed by atoms with Crippen molar-refractivity contribution in [2.24, 2.45) is 0 Å². The minimum atomic E-state index is -0.760. The standard InChI is InChI=1S/C26H33ClN6O4/c1-15(2)24-28-22(31-36-24)16-6-8-17(9-7-16)23-30-29-21-14-32(37-25(34)35-26(3,4)5)13-18-12-19(27)10-11-20(18)33(21)23/h10-12,15-17H,6-9,13-14H2,1-5H3. The maximum atomic E-state index is 12.4. The number of carbonyl (C=O) groups is 1. The van der Waals surface area contributed by atoms with E-state index in [2.05, 4.69) is 38.8 Å². The van der Waals surface area contributed by atoms with Crippen molar-refractivity contribution >= 4 is 17.8 Å². The van der Waals surface area contributed by atoms with E-state index in [4.69, 9.17) is 25.7 Å². The van der Waals surface area contributed by atoms with Gasteiger partial charge in [0, 0.05) is 22.8 Å². The zero-order valence-corrected chi connectivity index (χ0v) is 22.7. The third-order valence-corrected chi connectivity index (χ3v) is 6.94. The molecule has 5 rings (SSSR count). The van der Waals surface area contributed by atoms with Gasteiger partial charge in [-0.3, -0.25) is 4.57 Å². The Labute approximate surface area is 221 Å². The molecule has 1 aliphatic heterocycles. The van der Waals surface area contributed by atoms with Crippen LogP contribution in [0.1, 0.15) is 107 Å². The summed E-state index contributed by atoms with van der Waals surface area (Å²) >= 11 is 6.34. The summed E-state index contributed by atoms with van der Waals surface area (Å²) in [4.78, 5) is 22.6. The summed E-state index contributed by atoms with van der Waals surface area (Å²) < 4.78 is 12.9. The van der Waals surface area contributed by atoms with E-state index in [1.165, 1.54) is 0 Å². The van der Waals surface area contributed by atoms with E-state index in [0.29, 0.717) is 23.3 Å². The van der Waals surface area contributed by atoms with Crippen LogP contribution in [0.15, 0.2) is 22.7 Å². The molecule has 1 saturated carbocycles. The number of benzene rings is 1. The number of carbonyl (C=O) groups excluding carboxylic acids is 1. The van der Waals surface area contributed by atoms with Crippen molar-refractivity contribution in [1.29, 1.82) is 0 Å². The second-order valence-electron chi connectivity index (χ2n) is 11.1. The Morgan fingerprint density at radius 3 is 2.51 bits per heavy atom. The van der Waals surface area contributed by atoms with E-state index < -0.39 is 11.8 Å². The zero-order chi connectivity index (χ0) is 26.3. The van der Waals surface area contributed by atoms with Crippen molar-refractivity contribution in [3.63, 3.8) is 0 Å². The summed E-state index contributed by atoms with van der Waals surface area (Å²) in [6.45, 7) is 10.1. The van der Waals surface area contributed by atoms with E-state index in [-0.39, 0.29) is 24.3 Å². The number of hydrogen-bond donors (Lipinski definition) is 0. The van der Waals surface area contributed by atoms with Gasteiger partial charge in [0.25, 0.3) is 0 Å². The molecular weight excluding hydrogens is 496 g/mol. The molecule has 0 radical (unpaired) electrons. The average Bonchev–Trinajstić information content (AvgIpc) is 3.43. The molecule has 0 unspecified atom stereocenters. The summed E-state index contributed by atoms with van der Waals surface area (Å²) in [5.74, 6) is 3.83. The Morgan fingerprint density at radius 2 is 1.84 bits per heavy atom. The van der Waals surface area contributed by atoms with Gasteiger partial charge in [-0.25, -0.2) is 4.79 Å². The van der Waals surface area contributed by atoms with Crippen molar-refractivity contribution < 1.29 is 18.9 Å². The first-order valence-corrected chi connectivity index (χ1v) is 13.2. The van der Waals surface area contributed by atoms with Gasteiger partial charge in [0.1, 0.15) is 11.4 Å². The molecule has 1 aliphatic carbocycles. The molecule has 0 amide bonds. The second kappa shape index (κ2) is 10.1. The molecule has 2 aliphatic rings. The van der Waals surface area contributed by atoms with Crippen LogP contribution in [-0.4, -0.2) is 41.7 Å². The number of rotatable bonds is 4. The van der Waals surface area contributed by atoms with E-state index in [1.807, 2.05) is 18.2 Å². The second-order valence-corrected chi connectivity index (χ2v) is 11.6. The number of aromatic nitrogens is 5. The topological polar surface area (TPSA) is 108 Å². The number of ether oxygens (including phenoxy) is 1. The largest absolute Gasteiger partial charge is 0.528 e. The van der Waals surface area contributed by atoms with Crippen molar-refractivity contribution in [1.82, 2.24) is 30.0 Å². The fraction of sp³-hybridized carbons (Fsp3) is 0.577. The van der Waals surface area contributed by atoms with Crippen LogP contribution in [0.5, 0.6) is 0 Å². The number of hydrogen-bond acceptors (Lipinski definition) is 9. The summed E-state index contributed by atoms with van der Waals surface area (Å²) in [6.07, 6.45) is 3.02. The highest BCUT2D eigenvalue weighted by Gasteiger charge is 2.33. The molecule has 37 heavy (non-hydrogen) atoms. The lowest BCUT2D eigenvalue weighted by molar-refractivity contribution is -0.155. The van der Waals surface area contributed by atoms with Crippen molar-refractivity contribution in [3.8, 4) is 5.69 Å². The Balaban J connectivity index is 1.38. The van der Waals surface area contributed by atoms with Gasteiger partial charge in [0.05, 0.1) is 18.8 Å². The summed E-state index contributed by atoms with van der Waals surface area (Å²) in [5, 5.41) is 15.5.